The van der Waals surface area contributed by atoms with E-state index in [4.69, 9.17) is 0 Å². The van der Waals surface area contributed by atoms with E-state index in [1.165, 1.54) is 11.1 Å². The first-order valence-corrected chi connectivity index (χ1v) is 11.6. The molecule has 33 heavy (non-hydrogen) atoms. The number of hydrogen-bond acceptors (Lipinski definition) is 2. The Labute approximate surface area is 198 Å². The Morgan fingerprint density at radius 3 is 2.12 bits per heavy atom. The van der Waals surface area contributed by atoms with Gasteiger partial charge in [0.15, 0.2) is 0 Å². The Hall–Kier alpha value is -3.90. The standard InChI is InChI=1S/C14H11BrN2.C13H9N3/c15-11-6-2-1-5-10(11)9-14-16-12-7-3-4-8-13(12)17-14;1-3-7-11-9(5-1)14-13-15-10-6-2-4-8-12(10)16(11)13/h1-8H,9H2,(H,16,17);1-8H,(H,14,15). The molecule has 0 amide bonds. The number of rotatable bonds is 2. The van der Waals surface area contributed by atoms with E-state index in [1.807, 2.05) is 66.7 Å². The average molecular weight is 494 g/mol. The molecule has 4 aromatic carbocycles. The van der Waals surface area contributed by atoms with Crippen LogP contribution in [0.1, 0.15) is 11.4 Å². The molecule has 0 spiro atoms. The van der Waals surface area contributed by atoms with Crippen LogP contribution in [-0.2, 0) is 6.42 Å². The van der Waals surface area contributed by atoms with Crippen molar-refractivity contribution in [3.05, 3.63) is 113 Å². The molecular weight excluding hydrogens is 474 g/mol. The zero-order valence-corrected chi connectivity index (χ0v) is 19.3. The molecule has 160 valence electrons. The summed E-state index contributed by atoms with van der Waals surface area (Å²) in [6, 6.07) is 32.7. The summed E-state index contributed by atoms with van der Waals surface area (Å²) in [4.78, 5) is 15.8. The predicted molar refractivity (Wildman–Crippen MR) is 138 cm³/mol. The topological polar surface area (TPSA) is 61.8 Å². The van der Waals surface area contributed by atoms with E-state index in [2.05, 4.69) is 70.6 Å². The summed E-state index contributed by atoms with van der Waals surface area (Å²) in [6.45, 7) is 0. The fourth-order valence-electron chi connectivity index (χ4n) is 4.16. The van der Waals surface area contributed by atoms with Gasteiger partial charge in [0.2, 0.25) is 5.78 Å². The molecule has 0 aliphatic heterocycles. The van der Waals surface area contributed by atoms with Crippen LogP contribution in [0.25, 0.3) is 38.9 Å². The molecule has 0 atom stereocenters. The number of H-pyrrole nitrogens is 2. The van der Waals surface area contributed by atoms with Crippen molar-refractivity contribution < 1.29 is 0 Å². The molecule has 3 heterocycles. The van der Waals surface area contributed by atoms with Crippen molar-refractivity contribution in [2.75, 3.05) is 0 Å². The maximum atomic E-state index is 4.57. The van der Waals surface area contributed by atoms with Gasteiger partial charge in [-0.15, -0.1) is 0 Å². The van der Waals surface area contributed by atoms with E-state index in [0.29, 0.717) is 0 Å². The summed E-state index contributed by atoms with van der Waals surface area (Å²) in [6.07, 6.45) is 0.816. The number of imidazole rings is 3. The first kappa shape index (κ1) is 19.8. The Bertz CT molecular complexity index is 1620. The quantitative estimate of drug-likeness (QED) is 0.275. The normalized spacial score (nSPS) is 11.3. The molecule has 0 aliphatic carbocycles. The highest BCUT2D eigenvalue weighted by molar-refractivity contribution is 9.10. The summed E-state index contributed by atoms with van der Waals surface area (Å²) in [5.41, 5.74) is 7.83. The number of benzene rings is 4. The highest BCUT2D eigenvalue weighted by Gasteiger charge is 2.08. The fraction of sp³-hybridized carbons (Fsp3) is 0.0370. The molecule has 0 bridgehead atoms. The lowest BCUT2D eigenvalue weighted by Crippen LogP contribution is -1.91. The smallest absolute Gasteiger partial charge is 0.213 e. The van der Waals surface area contributed by atoms with Gasteiger partial charge in [-0.05, 0) is 48.0 Å². The molecule has 0 fully saturated rings. The molecule has 7 rings (SSSR count). The highest BCUT2D eigenvalue weighted by Crippen LogP contribution is 2.22. The van der Waals surface area contributed by atoms with E-state index in [0.717, 1.165) is 50.1 Å². The van der Waals surface area contributed by atoms with Crippen LogP contribution in [0, 0.1) is 0 Å². The van der Waals surface area contributed by atoms with Crippen molar-refractivity contribution in [3.63, 3.8) is 0 Å². The van der Waals surface area contributed by atoms with E-state index in [1.54, 1.807) is 0 Å². The van der Waals surface area contributed by atoms with Crippen LogP contribution in [0.4, 0.5) is 0 Å². The summed E-state index contributed by atoms with van der Waals surface area (Å²) in [7, 11) is 0. The molecule has 3 aromatic heterocycles. The first-order valence-electron chi connectivity index (χ1n) is 10.8. The molecular formula is C27H20BrN5. The maximum absolute atomic E-state index is 4.57. The van der Waals surface area contributed by atoms with E-state index in [9.17, 15) is 0 Å². The van der Waals surface area contributed by atoms with Gasteiger partial charge in [0.05, 0.1) is 33.1 Å². The molecule has 0 saturated carbocycles. The molecule has 0 aliphatic rings. The third-order valence-electron chi connectivity index (χ3n) is 5.71. The number of nitrogens with zero attached hydrogens (tertiary/aromatic N) is 3. The lowest BCUT2D eigenvalue weighted by atomic mass is 10.1. The molecule has 0 unspecified atom stereocenters. The van der Waals surface area contributed by atoms with Crippen molar-refractivity contribution in [1.29, 1.82) is 0 Å². The van der Waals surface area contributed by atoms with Crippen LogP contribution in [0.15, 0.2) is 102 Å². The van der Waals surface area contributed by atoms with Crippen LogP contribution in [0.5, 0.6) is 0 Å². The van der Waals surface area contributed by atoms with Gasteiger partial charge in [-0.1, -0.05) is 70.5 Å². The number of aromatic nitrogens is 5. The predicted octanol–water partition coefficient (Wildman–Crippen LogP) is 6.89. The Morgan fingerprint density at radius 2 is 1.30 bits per heavy atom. The Balaban J connectivity index is 0.000000125. The van der Waals surface area contributed by atoms with Crippen LogP contribution in [0.3, 0.4) is 0 Å². The number of aromatic amines is 2. The minimum atomic E-state index is 0.816. The zero-order chi connectivity index (χ0) is 22.2. The number of nitrogens with one attached hydrogen (secondary N) is 2. The zero-order valence-electron chi connectivity index (χ0n) is 17.7. The third-order valence-corrected chi connectivity index (χ3v) is 6.48. The molecule has 0 radical (unpaired) electrons. The second kappa shape index (κ2) is 8.22. The molecule has 6 heteroatoms. The third kappa shape index (κ3) is 3.68. The first-order chi connectivity index (χ1) is 16.3. The van der Waals surface area contributed by atoms with Crippen LogP contribution < -0.4 is 0 Å². The number of halogens is 1. The van der Waals surface area contributed by atoms with Gasteiger partial charge in [0.25, 0.3) is 0 Å². The van der Waals surface area contributed by atoms with Crippen molar-refractivity contribution in [2.24, 2.45) is 0 Å². The molecule has 7 aromatic rings. The summed E-state index contributed by atoms with van der Waals surface area (Å²) < 4.78 is 3.28. The van der Waals surface area contributed by atoms with Gasteiger partial charge in [-0.25, -0.2) is 9.97 Å². The van der Waals surface area contributed by atoms with E-state index >= 15 is 0 Å². The summed E-state index contributed by atoms with van der Waals surface area (Å²) in [5, 5.41) is 0. The SMILES string of the molecule is Brc1ccccc1Cc1nc2ccccc2[nH]1.c1ccc2c(c1)nc1[nH]c3ccccc3n12. The van der Waals surface area contributed by atoms with Crippen molar-refractivity contribution in [1.82, 2.24) is 24.3 Å². The van der Waals surface area contributed by atoms with Crippen LogP contribution in [0.2, 0.25) is 0 Å². The lowest BCUT2D eigenvalue weighted by Gasteiger charge is -2.00. The van der Waals surface area contributed by atoms with Crippen molar-refractivity contribution >= 4 is 54.8 Å². The molecule has 2 N–H and O–H groups in total. The van der Waals surface area contributed by atoms with E-state index in [-0.39, 0.29) is 0 Å². The van der Waals surface area contributed by atoms with Crippen LogP contribution >= 0.6 is 15.9 Å². The second-order valence-electron chi connectivity index (χ2n) is 7.87. The average Bonchev–Trinajstić information content (AvgIpc) is 3.51. The van der Waals surface area contributed by atoms with Gasteiger partial charge in [0.1, 0.15) is 5.82 Å². The second-order valence-corrected chi connectivity index (χ2v) is 8.72. The lowest BCUT2D eigenvalue weighted by molar-refractivity contribution is 1.03. The van der Waals surface area contributed by atoms with Gasteiger partial charge in [-0.2, -0.15) is 0 Å². The maximum Gasteiger partial charge on any atom is 0.213 e. The number of para-hydroxylation sites is 6. The fourth-order valence-corrected chi connectivity index (χ4v) is 4.58. The minimum Gasteiger partial charge on any atom is -0.342 e. The van der Waals surface area contributed by atoms with Gasteiger partial charge in [-0.3, -0.25) is 4.40 Å². The molecule has 0 saturated heterocycles. The Morgan fingerprint density at radius 1 is 0.636 bits per heavy atom. The minimum absolute atomic E-state index is 0.816. The highest BCUT2D eigenvalue weighted by atomic mass is 79.9. The van der Waals surface area contributed by atoms with Gasteiger partial charge < -0.3 is 9.97 Å². The summed E-state index contributed by atoms with van der Waals surface area (Å²) >= 11 is 3.56. The van der Waals surface area contributed by atoms with Crippen molar-refractivity contribution in [3.8, 4) is 0 Å². The van der Waals surface area contributed by atoms with E-state index < -0.39 is 0 Å². The summed E-state index contributed by atoms with van der Waals surface area (Å²) in [5.74, 6) is 1.90. The molecule has 5 nitrogen and oxygen atoms in total. The van der Waals surface area contributed by atoms with Gasteiger partial charge in [0, 0.05) is 10.9 Å². The van der Waals surface area contributed by atoms with Crippen molar-refractivity contribution in [2.45, 2.75) is 6.42 Å². The van der Waals surface area contributed by atoms with Gasteiger partial charge >= 0.3 is 0 Å². The Kier molecular flexibility index (Phi) is 4.92. The number of hydrogen-bond donors (Lipinski definition) is 2. The largest absolute Gasteiger partial charge is 0.342 e. The number of fused-ring (bicyclic) bond motifs is 6. The monoisotopic (exact) mass is 493 g/mol. The van der Waals surface area contributed by atoms with Crippen LogP contribution in [-0.4, -0.2) is 24.3 Å².